The lowest BCUT2D eigenvalue weighted by molar-refractivity contribution is 0.529. The zero-order valence-corrected chi connectivity index (χ0v) is 15.2. The van der Waals surface area contributed by atoms with E-state index in [2.05, 4.69) is 20.2 Å². The molecule has 3 heterocycles. The fourth-order valence-corrected chi connectivity index (χ4v) is 3.51. The normalized spacial score (nSPS) is 11.3. The smallest absolute Gasteiger partial charge is 0.256 e. The van der Waals surface area contributed by atoms with Crippen molar-refractivity contribution in [1.82, 2.24) is 24.6 Å². The van der Waals surface area contributed by atoms with Crippen LogP contribution in [0.15, 0.2) is 46.1 Å². The van der Waals surface area contributed by atoms with Gasteiger partial charge in [0.1, 0.15) is 0 Å². The number of rotatable bonds is 4. The molecule has 4 rings (SSSR count). The van der Waals surface area contributed by atoms with Crippen molar-refractivity contribution in [2.24, 2.45) is 0 Å². The van der Waals surface area contributed by atoms with Crippen molar-refractivity contribution in [3.8, 4) is 11.3 Å². The van der Waals surface area contributed by atoms with E-state index in [1.807, 2.05) is 48.6 Å². The topological polar surface area (TPSA) is 69.1 Å². The minimum Gasteiger partial charge on any atom is -0.440 e. The molecular formula is C17H14ClN5OS. The molecule has 3 aromatic heterocycles. The van der Waals surface area contributed by atoms with E-state index in [9.17, 15) is 0 Å². The molecule has 0 saturated carbocycles. The monoisotopic (exact) mass is 371 g/mol. The molecule has 0 atom stereocenters. The maximum atomic E-state index is 5.91. The average molecular weight is 372 g/mol. The summed E-state index contributed by atoms with van der Waals surface area (Å²) in [5, 5.41) is 9.81. The van der Waals surface area contributed by atoms with Gasteiger partial charge < -0.3 is 4.42 Å². The van der Waals surface area contributed by atoms with Crippen LogP contribution in [0.2, 0.25) is 5.02 Å². The second-order valence-electron chi connectivity index (χ2n) is 5.57. The third-order valence-corrected chi connectivity index (χ3v) is 4.84. The van der Waals surface area contributed by atoms with E-state index in [0.29, 0.717) is 28.2 Å². The highest BCUT2D eigenvalue weighted by Gasteiger charge is 2.13. The number of nitrogens with zero attached hydrogens (tertiary/aromatic N) is 5. The zero-order valence-electron chi connectivity index (χ0n) is 13.6. The standard InChI is InChI=1S/C17H14ClN5OS/c1-10-7-11(2)23-16(20-10)21-22-17(23)25-9-15-19-8-14(24-15)12-3-5-13(18)6-4-12/h3-8H,9H2,1-2H3. The summed E-state index contributed by atoms with van der Waals surface area (Å²) in [6.45, 7) is 3.96. The van der Waals surface area contributed by atoms with Gasteiger partial charge in [-0.05, 0) is 44.2 Å². The first-order chi connectivity index (χ1) is 12.1. The molecule has 0 aliphatic carbocycles. The van der Waals surface area contributed by atoms with Crippen LogP contribution < -0.4 is 0 Å². The molecule has 6 nitrogen and oxygen atoms in total. The van der Waals surface area contributed by atoms with Crippen molar-refractivity contribution in [1.29, 1.82) is 0 Å². The van der Waals surface area contributed by atoms with Gasteiger partial charge in [0.05, 0.1) is 11.9 Å². The number of thioether (sulfide) groups is 1. The summed E-state index contributed by atoms with van der Waals surface area (Å²) in [7, 11) is 0. The third-order valence-electron chi connectivity index (χ3n) is 3.67. The van der Waals surface area contributed by atoms with Crippen LogP contribution in [0.5, 0.6) is 0 Å². The maximum Gasteiger partial charge on any atom is 0.256 e. The van der Waals surface area contributed by atoms with Crippen LogP contribution >= 0.6 is 23.4 Å². The van der Waals surface area contributed by atoms with Gasteiger partial charge in [0, 0.05) is 22.0 Å². The lowest BCUT2D eigenvalue weighted by atomic mass is 10.2. The SMILES string of the molecule is Cc1cc(C)n2c(SCc3ncc(-c4ccc(Cl)cc4)o3)nnc2n1. The Morgan fingerprint density at radius 2 is 1.96 bits per heavy atom. The fraction of sp³-hybridized carbons (Fsp3) is 0.176. The summed E-state index contributed by atoms with van der Waals surface area (Å²) in [6.07, 6.45) is 1.72. The minimum atomic E-state index is 0.557. The van der Waals surface area contributed by atoms with Crippen LogP contribution in [-0.2, 0) is 5.75 Å². The molecule has 1 aromatic carbocycles. The van der Waals surface area contributed by atoms with Gasteiger partial charge in [-0.15, -0.1) is 10.2 Å². The summed E-state index contributed by atoms with van der Waals surface area (Å²) < 4.78 is 7.75. The fourth-order valence-electron chi connectivity index (χ4n) is 2.54. The van der Waals surface area contributed by atoms with Crippen molar-refractivity contribution < 1.29 is 4.42 Å². The van der Waals surface area contributed by atoms with Crippen molar-refractivity contribution in [2.45, 2.75) is 24.8 Å². The van der Waals surface area contributed by atoms with E-state index in [1.54, 1.807) is 6.20 Å². The number of fused-ring (bicyclic) bond motifs is 1. The number of benzene rings is 1. The number of aryl methyl sites for hydroxylation is 2. The molecular weight excluding hydrogens is 358 g/mol. The van der Waals surface area contributed by atoms with Gasteiger partial charge in [-0.1, -0.05) is 23.4 Å². The number of halogens is 1. The maximum absolute atomic E-state index is 5.91. The highest BCUT2D eigenvalue weighted by molar-refractivity contribution is 7.98. The predicted octanol–water partition coefficient (Wildman–Crippen LogP) is 4.34. The van der Waals surface area contributed by atoms with Crippen molar-refractivity contribution in [3.05, 3.63) is 58.8 Å². The van der Waals surface area contributed by atoms with E-state index in [-0.39, 0.29) is 0 Å². The first-order valence-electron chi connectivity index (χ1n) is 7.63. The number of oxazole rings is 1. The summed E-state index contributed by atoms with van der Waals surface area (Å²) in [5.74, 6) is 2.51. The van der Waals surface area contributed by atoms with Crippen LogP contribution in [0.1, 0.15) is 17.3 Å². The van der Waals surface area contributed by atoms with Crippen molar-refractivity contribution in [2.75, 3.05) is 0 Å². The van der Waals surface area contributed by atoms with Gasteiger partial charge in [0.2, 0.25) is 5.89 Å². The first kappa shape index (κ1) is 16.1. The number of hydrogen-bond donors (Lipinski definition) is 0. The lowest BCUT2D eigenvalue weighted by Crippen LogP contribution is -1.97. The van der Waals surface area contributed by atoms with E-state index in [4.69, 9.17) is 16.0 Å². The Labute approximate surface area is 153 Å². The third kappa shape index (κ3) is 3.25. The Kier molecular flexibility index (Phi) is 4.19. The largest absolute Gasteiger partial charge is 0.440 e. The van der Waals surface area contributed by atoms with Crippen LogP contribution in [-0.4, -0.2) is 24.6 Å². The van der Waals surface area contributed by atoms with Crippen LogP contribution in [0.3, 0.4) is 0 Å². The Morgan fingerprint density at radius 3 is 2.76 bits per heavy atom. The Hall–Kier alpha value is -2.38. The van der Waals surface area contributed by atoms with E-state index >= 15 is 0 Å². The minimum absolute atomic E-state index is 0.557. The van der Waals surface area contributed by atoms with E-state index in [1.165, 1.54) is 11.8 Å². The summed E-state index contributed by atoms with van der Waals surface area (Å²) >= 11 is 7.42. The number of aromatic nitrogens is 5. The Morgan fingerprint density at radius 1 is 1.16 bits per heavy atom. The zero-order chi connectivity index (χ0) is 17.4. The molecule has 0 fully saturated rings. The molecule has 0 N–H and O–H groups in total. The first-order valence-corrected chi connectivity index (χ1v) is 8.99. The molecule has 25 heavy (non-hydrogen) atoms. The molecule has 8 heteroatoms. The molecule has 4 aromatic rings. The molecule has 0 unspecified atom stereocenters. The molecule has 0 spiro atoms. The van der Waals surface area contributed by atoms with Gasteiger partial charge in [-0.25, -0.2) is 9.97 Å². The lowest BCUT2D eigenvalue weighted by Gasteiger charge is -2.03. The van der Waals surface area contributed by atoms with Gasteiger partial charge in [0.15, 0.2) is 10.9 Å². The summed E-state index contributed by atoms with van der Waals surface area (Å²) in [6, 6.07) is 9.47. The van der Waals surface area contributed by atoms with Crippen molar-refractivity contribution >= 4 is 29.1 Å². The summed E-state index contributed by atoms with van der Waals surface area (Å²) in [4.78, 5) is 8.73. The van der Waals surface area contributed by atoms with E-state index < -0.39 is 0 Å². The predicted molar refractivity (Wildman–Crippen MR) is 96.8 cm³/mol. The molecule has 0 aliphatic heterocycles. The van der Waals surface area contributed by atoms with Crippen molar-refractivity contribution in [3.63, 3.8) is 0 Å². The molecule has 0 radical (unpaired) electrons. The molecule has 0 aliphatic rings. The Bertz CT molecular complexity index is 1040. The van der Waals surface area contributed by atoms with E-state index in [0.717, 1.165) is 22.1 Å². The highest BCUT2D eigenvalue weighted by Crippen LogP contribution is 2.26. The van der Waals surface area contributed by atoms with Crippen LogP contribution in [0.25, 0.3) is 17.1 Å². The molecule has 0 saturated heterocycles. The van der Waals surface area contributed by atoms with Crippen LogP contribution in [0, 0.1) is 13.8 Å². The second kappa shape index (κ2) is 6.50. The van der Waals surface area contributed by atoms with Gasteiger partial charge in [0.25, 0.3) is 5.78 Å². The van der Waals surface area contributed by atoms with Gasteiger partial charge in [-0.2, -0.15) is 0 Å². The quantitative estimate of drug-likeness (QED) is 0.497. The average Bonchev–Trinajstić information content (AvgIpc) is 3.20. The van der Waals surface area contributed by atoms with Gasteiger partial charge >= 0.3 is 0 Å². The highest BCUT2D eigenvalue weighted by atomic mass is 35.5. The second-order valence-corrected chi connectivity index (χ2v) is 6.95. The van der Waals surface area contributed by atoms with Gasteiger partial charge in [-0.3, -0.25) is 4.40 Å². The molecule has 0 amide bonds. The molecule has 0 bridgehead atoms. The Balaban J connectivity index is 1.53. The molecule has 126 valence electrons. The summed E-state index contributed by atoms with van der Waals surface area (Å²) in [5.41, 5.74) is 2.91. The van der Waals surface area contributed by atoms with Crippen LogP contribution in [0.4, 0.5) is 0 Å². The number of hydrogen-bond acceptors (Lipinski definition) is 6.